The van der Waals surface area contributed by atoms with Gasteiger partial charge in [0.05, 0.1) is 12.7 Å². The molecule has 0 saturated heterocycles. The zero-order valence-corrected chi connectivity index (χ0v) is 12.4. The van der Waals surface area contributed by atoms with Gasteiger partial charge in [0.1, 0.15) is 5.75 Å². The number of hydrogen-bond donors (Lipinski definition) is 1. The van der Waals surface area contributed by atoms with E-state index in [-0.39, 0.29) is 6.10 Å². The average Bonchev–Trinajstić information content (AvgIpc) is 2.92. The van der Waals surface area contributed by atoms with Gasteiger partial charge in [-0.15, -0.1) is 0 Å². The number of benzene rings is 1. The van der Waals surface area contributed by atoms with Crippen LogP contribution in [0.15, 0.2) is 12.1 Å². The van der Waals surface area contributed by atoms with Gasteiger partial charge in [0.15, 0.2) is 0 Å². The summed E-state index contributed by atoms with van der Waals surface area (Å²) in [5, 5.41) is 10.1. The molecule has 2 nitrogen and oxygen atoms in total. The largest absolute Gasteiger partial charge is 0.493 e. The lowest BCUT2D eigenvalue weighted by Gasteiger charge is -2.19. The molecule has 0 bridgehead atoms. The van der Waals surface area contributed by atoms with Crippen molar-refractivity contribution in [2.75, 3.05) is 6.61 Å². The Morgan fingerprint density at radius 2 is 1.79 bits per heavy atom. The van der Waals surface area contributed by atoms with Crippen LogP contribution in [0.2, 0.25) is 0 Å². The van der Waals surface area contributed by atoms with Crippen molar-refractivity contribution in [3.63, 3.8) is 0 Å². The first-order valence-corrected chi connectivity index (χ1v) is 7.47. The molecule has 0 aliphatic heterocycles. The molecule has 2 rings (SSSR count). The number of rotatable bonds is 5. The van der Waals surface area contributed by atoms with Crippen molar-refractivity contribution in [3.05, 3.63) is 28.8 Å². The summed E-state index contributed by atoms with van der Waals surface area (Å²) in [4.78, 5) is 0. The maximum absolute atomic E-state index is 10.1. The third kappa shape index (κ3) is 3.50. The van der Waals surface area contributed by atoms with Crippen molar-refractivity contribution in [1.82, 2.24) is 0 Å². The van der Waals surface area contributed by atoms with Gasteiger partial charge in [-0.25, -0.2) is 0 Å². The molecule has 2 heteroatoms. The lowest BCUT2D eigenvalue weighted by Crippen LogP contribution is -2.20. The molecule has 0 heterocycles. The fraction of sp³-hybridized carbons (Fsp3) is 0.647. The van der Waals surface area contributed by atoms with E-state index in [2.05, 4.69) is 32.9 Å². The minimum atomic E-state index is -0.187. The Hall–Kier alpha value is -1.02. The lowest BCUT2D eigenvalue weighted by atomic mass is 9.99. The van der Waals surface area contributed by atoms with Crippen LogP contribution in [0.3, 0.4) is 0 Å². The smallest absolute Gasteiger partial charge is 0.125 e. The fourth-order valence-electron chi connectivity index (χ4n) is 3.01. The van der Waals surface area contributed by atoms with Gasteiger partial charge in [-0.3, -0.25) is 0 Å². The Morgan fingerprint density at radius 1 is 1.16 bits per heavy atom. The van der Waals surface area contributed by atoms with Gasteiger partial charge in [0.25, 0.3) is 0 Å². The van der Waals surface area contributed by atoms with Gasteiger partial charge >= 0.3 is 0 Å². The first-order valence-electron chi connectivity index (χ1n) is 7.47. The molecule has 1 aromatic carbocycles. The van der Waals surface area contributed by atoms with E-state index >= 15 is 0 Å². The monoisotopic (exact) mass is 262 g/mol. The van der Waals surface area contributed by atoms with Crippen molar-refractivity contribution < 1.29 is 9.84 Å². The van der Waals surface area contributed by atoms with E-state index in [9.17, 15) is 5.11 Å². The quantitative estimate of drug-likeness (QED) is 0.871. The Morgan fingerprint density at radius 3 is 2.47 bits per heavy atom. The molecule has 1 aromatic rings. The van der Waals surface area contributed by atoms with Crippen LogP contribution in [0.25, 0.3) is 0 Å². The molecule has 0 amide bonds. The van der Waals surface area contributed by atoms with Crippen molar-refractivity contribution >= 4 is 0 Å². The van der Waals surface area contributed by atoms with Gasteiger partial charge in [0, 0.05) is 6.42 Å². The van der Waals surface area contributed by atoms with Crippen LogP contribution in [0, 0.1) is 26.7 Å². The van der Waals surface area contributed by atoms with Gasteiger partial charge in [-0.2, -0.15) is 0 Å². The van der Waals surface area contributed by atoms with E-state index < -0.39 is 0 Å². The maximum atomic E-state index is 10.1. The van der Waals surface area contributed by atoms with Crippen LogP contribution in [0.5, 0.6) is 5.75 Å². The van der Waals surface area contributed by atoms with E-state index in [1.807, 2.05) is 0 Å². The highest BCUT2D eigenvalue weighted by Gasteiger charge is 2.23. The predicted octanol–water partition coefficient (Wildman–Crippen LogP) is 3.93. The second kappa shape index (κ2) is 6.42. The third-order valence-electron chi connectivity index (χ3n) is 4.48. The molecule has 1 N–H and O–H groups in total. The number of aryl methyl sites for hydroxylation is 2. The molecule has 1 saturated carbocycles. The number of aliphatic hydroxyl groups excluding tert-OH is 1. The van der Waals surface area contributed by atoms with Crippen LogP contribution in [-0.4, -0.2) is 17.8 Å². The molecule has 1 unspecified atom stereocenters. The normalized spacial score (nSPS) is 17.7. The second-order valence-electron chi connectivity index (χ2n) is 5.90. The second-order valence-corrected chi connectivity index (χ2v) is 5.90. The molecule has 0 aromatic heterocycles. The van der Waals surface area contributed by atoms with E-state index in [1.54, 1.807) is 0 Å². The summed E-state index contributed by atoms with van der Waals surface area (Å²) in [6.45, 7) is 6.90. The minimum absolute atomic E-state index is 0.187. The van der Waals surface area contributed by atoms with Gasteiger partial charge < -0.3 is 9.84 Å². The summed E-state index contributed by atoms with van der Waals surface area (Å²) < 4.78 is 5.92. The van der Waals surface area contributed by atoms with E-state index in [0.717, 1.165) is 12.2 Å². The van der Waals surface area contributed by atoms with Crippen molar-refractivity contribution in [3.8, 4) is 5.75 Å². The topological polar surface area (TPSA) is 29.5 Å². The summed E-state index contributed by atoms with van der Waals surface area (Å²) in [6.07, 6.45) is 5.48. The van der Waals surface area contributed by atoms with Crippen LogP contribution in [-0.2, 0) is 0 Å². The average molecular weight is 262 g/mol. The summed E-state index contributed by atoms with van der Waals surface area (Å²) >= 11 is 0. The van der Waals surface area contributed by atoms with Crippen LogP contribution >= 0.6 is 0 Å². The predicted molar refractivity (Wildman–Crippen MR) is 78.7 cm³/mol. The van der Waals surface area contributed by atoms with E-state index in [1.165, 1.54) is 42.4 Å². The summed E-state index contributed by atoms with van der Waals surface area (Å²) in [7, 11) is 0. The van der Waals surface area contributed by atoms with Crippen LogP contribution < -0.4 is 4.74 Å². The summed E-state index contributed by atoms with van der Waals surface area (Å²) in [5.74, 6) is 1.50. The number of ether oxygens (including phenoxy) is 1. The molecule has 0 spiro atoms. The highest BCUT2D eigenvalue weighted by Crippen LogP contribution is 2.30. The first-order chi connectivity index (χ1) is 9.09. The highest BCUT2D eigenvalue weighted by molar-refractivity contribution is 5.44. The highest BCUT2D eigenvalue weighted by atomic mass is 16.5. The molecule has 1 fully saturated rings. The zero-order valence-electron chi connectivity index (χ0n) is 12.4. The molecular weight excluding hydrogens is 236 g/mol. The SMILES string of the molecule is Cc1ccc(C)c(OCCC(O)C2CCCC2)c1C. The molecule has 1 aliphatic rings. The third-order valence-corrected chi connectivity index (χ3v) is 4.48. The number of aliphatic hydroxyl groups is 1. The molecule has 19 heavy (non-hydrogen) atoms. The maximum Gasteiger partial charge on any atom is 0.125 e. The van der Waals surface area contributed by atoms with Crippen molar-refractivity contribution in [2.24, 2.45) is 5.92 Å². The molecule has 1 aliphatic carbocycles. The summed E-state index contributed by atoms with van der Waals surface area (Å²) in [6, 6.07) is 4.23. The minimum Gasteiger partial charge on any atom is -0.493 e. The Labute approximate surface area is 116 Å². The molecule has 0 radical (unpaired) electrons. The van der Waals surface area contributed by atoms with Gasteiger partial charge in [-0.1, -0.05) is 25.0 Å². The first kappa shape index (κ1) is 14.4. The molecular formula is C17H26O2. The Bertz CT molecular complexity index is 420. The van der Waals surface area contributed by atoms with Gasteiger partial charge in [0.2, 0.25) is 0 Å². The van der Waals surface area contributed by atoms with Crippen LogP contribution in [0.4, 0.5) is 0 Å². The van der Waals surface area contributed by atoms with Gasteiger partial charge in [-0.05, 0) is 56.2 Å². The zero-order chi connectivity index (χ0) is 13.8. The molecule has 1 atom stereocenters. The van der Waals surface area contributed by atoms with Crippen molar-refractivity contribution in [1.29, 1.82) is 0 Å². The lowest BCUT2D eigenvalue weighted by molar-refractivity contribution is 0.0851. The molecule has 106 valence electrons. The summed E-state index contributed by atoms with van der Waals surface area (Å²) in [5.41, 5.74) is 3.66. The van der Waals surface area contributed by atoms with E-state index in [0.29, 0.717) is 12.5 Å². The standard InChI is InChI=1S/C17H26O2/c1-12-8-9-13(2)17(14(12)3)19-11-10-16(18)15-6-4-5-7-15/h8-9,15-16,18H,4-7,10-11H2,1-3H3. The number of hydrogen-bond acceptors (Lipinski definition) is 2. The van der Waals surface area contributed by atoms with Crippen molar-refractivity contribution in [2.45, 2.75) is 59.0 Å². The Balaban J connectivity index is 1.87. The fourth-order valence-corrected chi connectivity index (χ4v) is 3.01. The van der Waals surface area contributed by atoms with Crippen LogP contribution in [0.1, 0.15) is 48.8 Å². The Kier molecular flexibility index (Phi) is 4.87. The van der Waals surface area contributed by atoms with E-state index in [4.69, 9.17) is 4.74 Å².